The van der Waals surface area contributed by atoms with Gasteiger partial charge in [-0.3, -0.25) is 4.79 Å². The number of hydrogen-bond acceptors (Lipinski definition) is 3. The molecule has 1 rings (SSSR count). The molecule has 0 N–H and O–H groups in total. The number of hydrogen-bond donors (Lipinski definition) is 0. The average molecular weight is 250 g/mol. The first-order valence-corrected chi connectivity index (χ1v) is 6.43. The Hall–Kier alpha value is -1.51. The fourth-order valence-corrected chi connectivity index (χ4v) is 1.76. The van der Waals surface area contributed by atoms with Gasteiger partial charge in [0.25, 0.3) is 0 Å². The van der Waals surface area contributed by atoms with Crippen molar-refractivity contribution >= 4 is 5.97 Å². The van der Waals surface area contributed by atoms with Crippen molar-refractivity contribution in [1.82, 2.24) is 0 Å². The van der Waals surface area contributed by atoms with Crippen molar-refractivity contribution in [3.8, 4) is 5.75 Å². The van der Waals surface area contributed by atoms with E-state index in [1.54, 1.807) is 0 Å². The highest BCUT2D eigenvalue weighted by Crippen LogP contribution is 2.28. The molecule has 0 saturated heterocycles. The third kappa shape index (κ3) is 4.40. The van der Waals surface area contributed by atoms with E-state index in [1.165, 1.54) is 12.5 Å². The monoisotopic (exact) mass is 250 g/mol. The maximum Gasteiger partial charge on any atom is 0.303 e. The molecule has 0 unspecified atom stereocenters. The summed E-state index contributed by atoms with van der Waals surface area (Å²) in [4.78, 5) is 10.8. The van der Waals surface area contributed by atoms with E-state index in [9.17, 15) is 4.79 Å². The molecule has 0 heterocycles. The third-order valence-electron chi connectivity index (χ3n) is 2.90. The maximum atomic E-state index is 10.8. The van der Waals surface area contributed by atoms with Crippen LogP contribution >= 0.6 is 0 Å². The number of rotatable bonds is 6. The van der Waals surface area contributed by atoms with Gasteiger partial charge >= 0.3 is 5.97 Å². The van der Waals surface area contributed by atoms with Crippen LogP contribution in [0.3, 0.4) is 0 Å². The minimum absolute atomic E-state index is 0.229. The summed E-state index contributed by atoms with van der Waals surface area (Å²) < 4.78 is 10.8. The molecule has 100 valence electrons. The van der Waals surface area contributed by atoms with Crippen LogP contribution in [0, 0.1) is 0 Å². The Morgan fingerprint density at radius 2 is 1.94 bits per heavy atom. The van der Waals surface area contributed by atoms with Gasteiger partial charge in [0.05, 0.1) is 0 Å². The second kappa shape index (κ2) is 7.04. The van der Waals surface area contributed by atoms with Crippen LogP contribution in [0.15, 0.2) is 24.3 Å². The van der Waals surface area contributed by atoms with Gasteiger partial charge in [0.2, 0.25) is 0 Å². The van der Waals surface area contributed by atoms with Gasteiger partial charge < -0.3 is 9.47 Å². The number of esters is 1. The van der Waals surface area contributed by atoms with Gasteiger partial charge in [-0.1, -0.05) is 32.0 Å². The highest BCUT2D eigenvalue weighted by molar-refractivity contribution is 5.66. The van der Waals surface area contributed by atoms with Gasteiger partial charge in [-0.25, -0.2) is 0 Å². The summed E-state index contributed by atoms with van der Waals surface area (Å²) in [6.45, 7) is 7.95. The molecule has 0 aliphatic rings. The standard InChI is InChI=1S/C15H22O3/c1-5-11(2)14-8-6-7-9-15(14)17-10-12(3)18-13(4)16/h6-9,11-12H,5,10H2,1-4H3/t11-,12-/m0/s1. The smallest absolute Gasteiger partial charge is 0.303 e. The van der Waals surface area contributed by atoms with Crippen LogP contribution in [0.1, 0.15) is 45.6 Å². The lowest BCUT2D eigenvalue weighted by Crippen LogP contribution is -2.20. The number of ether oxygens (including phenoxy) is 2. The minimum atomic E-state index is -0.277. The van der Waals surface area contributed by atoms with Gasteiger partial charge in [0.1, 0.15) is 18.5 Å². The lowest BCUT2D eigenvalue weighted by Gasteiger charge is -2.18. The fourth-order valence-electron chi connectivity index (χ4n) is 1.76. The summed E-state index contributed by atoms with van der Waals surface area (Å²) in [5.41, 5.74) is 1.20. The summed E-state index contributed by atoms with van der Waals surface area (Å²) >= 11 is 0. The quantitative estimate of drug-likeness (QED) is 0.724. The molecular weight excluding hydrogens is 228 g/mol. The Balaban J connectivity index is 2.64. The van der Waals surface area contributed by atoms with E-state index in [4.69, 9.17) is 9.47 Å². The van der Waals surface area contributed by atoms with E-state index in [-0.39, 0.29) is 12.1 Å². The van der Waals surface area contributed by atoms with E-state index in [1.807, 2.05) is 25.1 Å². The lowest BCUT2D eigenvalue weighted by molar-refractivity contribution is -0.146. The normalized spacial score (nSPS) is 13.8. The fraction of sp³-hybridized carbons (Fsp3) is 0.533. The Morgan fingerprint density at radius 1 is 1.28 bits per heavy atom. The largest absolute Gasteiger partial charge is 0.489 e. The zero-order valence-corrected chi connectivity index (χ0v) is 11.6. The van der Waals surface area contributed by atoms with E-state index in [2.05, 4.69) is 19.9 Å². The first-order valence-electron chi connectivity index (χ1n) is 6.43. The van der Waals surface area contributed by atoms with Crippen molar-refractivity contribution in [2.75, 3.05) is 6.61 Å². The van der Waals surface area contributed by atoms with Crippen molar-refractivity contribution < 1.29 is 14.3 Å². The Morgan fingerprint density at radius 3 is 2.56 bits per heavy atom. The van der Waals surface area contributed by atoms with E-state index in [0.717, 1.165) is 12.2 Å². The lowest BCUT2D eigenvalue weighted by atomic mass is 9.98. The molecule has 18 heavy (non-hydrogen) atoms. The Labute approximate surface area is 109 Å². The summed E-state index contributed by atoms with van der Waals surface area (Å²) in [7, 11) is 0. The second-order valence-electron chi connectivity index (χ2n) is 4.58. The zero-order chi connectivity index (χ0) is 13.5. The van der Waals surface area contributed by atoms with Crippen LogP contribution in [0.25, 0.3) is 0 Å². The van der Waals surface area contributed by atoms with Crippen molar-refractivity contribution in [3.05, 3.63) is 29.8 Å². The zero-order valence-electron chi connectivity index (χ0n) is 11.6. The SMILES string of the molecule is CC[C@H](C)c1ccccc1OC[C@H](C)OC(C)=O. The van der Waals surface area contributed by atoms with Crippen molar-refractivity contribution in [1.29, 1.82) is 0 Å². The molecule has 1 aromatic carbocycles. The average Bonchev–Trinajstić information content (AvgIpc) is 2.35. The summed E-state index contributed by atoms with van der Waals surface area (Å²) in [6, 6.07) is 8.02. The number of carbonyl (C=O) groups is 1. The molecule has 0 aliphatic heterocycles. The number of carbonyl (C=O) groups excluding carboxylic acids is 1. The molecule has 0 spiro atoms. The molecule has 3 heteroatoms. The number of benzene rings is 1. The number of para-hydroxylation sites is 1. The summed E-state index contributed by atoms with van der Waals surface area (Å²) in [6.07, 6.45) is 0.840. The Kier molecular flexibility index (Phi) is 5.69. The minimum Gasteiger partial charge on any atom is -0.489 e. The summed E-state index contributed by atoms with van der Waals surface area (Å²) in [5.74, 6) is 1.07. The van der Waals surface area contributed by atoms with Crippen LogP contribution < -0.4 is 4.74 Å². The van der Waals surface area contributed by atoms with Gasteiger partial charge in [0.15, 0.2) is 0 Å². The molecule has 1 aromatic rings. The van der Waals surface area contributed by atoms with E-state index < -0.39 is 0 Å². The molecule has 3 nitrogen and oxygen atoms in total. The van der Waals surface area contributed by atoms with Crippen LogP contribution in [0.5, 0.6) is 5.75 Å². The molecule has 0 aliphatic carbocycles. The topological polar surface area (TPSA) is 35.5 Å². The van der Waals surface area contributed by atoms with Crippen molar-refractivity contribution in [3.63, 3.8) is 0 Å². The molecular formula is C15H22O3. The second-order valence-corrected chi connectivity index (χ2v) is 4.58. The van der Waals surface area contributed by atoms with Crippen LogP contribution in [-0.2, 0) is 9.53 Å². The Bertz CT molecular complexity index is 387. The molecule has 0 radical (unpaired) electrons. The molecule has 0 bridgehead atoms. The van der Waals surface area contributed by atoms with Gasteiger partial charge in [-0.05, 0) is 30.9 Å². The molecule has 0 fully saturated rings. The van der Waals surface area contributed by atoms with Crippen LogP contribution in [0.2, 0.25) is 0 Å². The molecule has 0 saturated carbocycles. The highest BCUT2D eigenvalue weighted by Gasteiger charge is 2.11. The summed E-state index contributed by atoms with van der Waals surface area (Å²) in [5, 5.41) is 0. The first-order chi connectivity index (χ1) is 8.54. The molecule has 2 atom stereocenters. The maximum absolute atomic E-state index is 10.8. The van der Waals surface area contributed by atoms with Crippen molar-refractivity contribution in [2.45, 2.75) is 46.1 Å². The van der Waals surface area contributed by atoms with Crippen LogP contribution in [0.4, 0.5) is 0 Å². The first kappa shape index (κ1) is 14.6. The van der Waals surface area contributed by atoms with Crippen LogP contribution in [-0.4, -0.2) is 18.7 Å². The predicted octanol–water partition coefficient (Wildman–Crippen LogP) is 3.53. The third-order valence-corrected chi connectivity index (χ3v) is 2.90. The van der Waals surface area contributed by atoms with Gasteiger partial charge in [-0.15, -0.1) is 0 Å². The van der Waals surface area contributed by atoms with Gasteiger partial charge in [0, 0.05) is 6.92 Å². The predicted molar refractivity (Wildman–Crippen MR) is 71.9 cm³/mol. The van der Waals surface area contributed by atoms with E-state index >= 15 is 0 Å². The highest BCUT2D eigenvalue weighted by atomic mass is 16.6. The van der Waals surface area contributed by atoms with E-state index in [0.29, 0.717) is 12.5 Å². The molecule has 0 aromatic heterocycles. The van der Waals surface area contributed by atoms with Crippen molar-refractivity contribution in [2.24, 2.45) is 0 Å². The molecule has 0 amide bonds. The van der Waals surface area contributed by atoms with Gasteiger partial charge in [-0.2, -0.15) is 0 Å².